The van der Waals surface area contributed by atoms with Crippen molar-refractivity contribution in [2.75, 3.05) is 18.9 Å². The summed E-state index contributed by atoms with van der Waals surface area (Å²) in [4.78, 5) is 4.47. The van der Waals surface area contributed by atoms with E-state index in [0.717, 1.165) is 47.0 Å². The number of rotatable bonds is 2. The highest BCUT2D eigenvalue weighted by atomic mass is 32.1. The van der Waals surface area contributed by atoms with Gasteiger partial charge < -0.3 is 15.2 Å². The molecule has 1 fully saturated rings. The number of hydrogen-bond acceptors (Lipinski definition) is 5. The molecule has 0 amide bonds. The van der Waals surface area contributed by atoms with E-state index < -0.39 is 0 Å². The number of aromatic nitrogens is 1. The minimum atomic E-state index is 0.207. The van der Waals surface area contributed by atoms with Crippen molar-refractivity contribution in [2.45, 2.75) is 25.9 Å². The van der Waals surface area contributed by atoms with Crippen LogP contribution in [0.5, 0.6) is 5.75 Å². The average Bonchev–Trinajstić information content (AvgIpc) is 2.70. The summed E-state index contributed by atoms with van der Waals surface area (Å²) in [5.41, 5.74) is 7.69. The quantitative estimate of drug-likeness (QED) is 0.847. The number of nitrogen functional groups attached to an aromatic ring is 1. The minimum Gasteiger partial charge on any atom is -0.488 e. The van der Waals surface area contributed by atoms with Gasteiger partial charge in [-0.2, -0.15) is 0 Å². The third-order valence-corrected chi connectivity index (χ3v) is 4.02. The molecule has 0 bridgehead atoms. The molecule has 0 atom stereocenters. The summed E-state index contributed by atoms with van der Waals surface area (Å²) in [5.74, 6) is 0.750. The maximum absolute atomic E-state index is 6.04. The molecule has 0 aliphatic carbocycles. The van der Waals surface area contributed by atoms with Crippen molar-refractivity contribution in [3.8, 4) is 5.75 Å². The molecular weight excluding hydrogens is 248 g/mol. The van der Waals surface area contributed by atoms with Crippen LogP contribution in [0.2, 0.25) is 0 Å². The molecule has 5 heteroatoms. The molecule has 2 heterocycles. The van der Waals surface area contributed by atoms with Crippen molar-refractivity contribution < 1.29 is 9.47 Å². The van der Waals surface area contributed by atoms with Crippen LogP contribution in [-0.4, -0.2) is 24.3 Å². The maximum Gasteiger partial charge on any atom is 0.144 e. The van der Waals surface area contributed by atoms with Crippen molar-refractivity contribution in [1.29, 1.82) is 0 Å². The number of hydrogen-bond donors (Lipinski definition) is 1. The number of thiazole rings is 1. The van der Waals surface area contributed by atoms with Crippen LogP contribution in [-0.2, 0) is 4.74 Å². The van der Waals surface area contributed by atoms with Gasteiger partial charge in [-0.25, -0.2) is 4.98 Å². The Hall–Kier alpha value is -1.33. The zero-order chi connectivity index (χ0) is 12.5. The van der Waals surface area contributed by atoms with Gasteiger partial charge in [0.25, 0.3) is 0 Å². The fraction of sp³-hybridized carbons (Fsp3) is 0.462. The monoisotopic (exact) mass is 264 g/mol. The number of anilines is 1. The van der Waals surface area contributed by atoms with Gasteiger partial charge in [-0.1, -0.05) is 0 Å². The van der Waals surface area contributed by atoms with Crippen LogP contribution in [0, 0.1) is 6.92 Å². The highest BCUT2D eigenvalue weighted by molar-refractivity contribution is 7.18. The van der Waals surface area contributed by atoms with Gasteiger partial charge in [0.05, 0.1) is 34.1 Å². The summed E-state index contributed by atoms with van der Waals surface area (Å²) in [6.07, 6.45) is 2.06. The first-order chi connectivity index (χ1) is 8.72. The average molecular weight is 264 g/mol. The van der Waals surface area contributed by atoms with E-state index in [1.807, 2.05) is 19.1 Å². The lowest BCUT2D eigenvalue weighted by atomic mass is 10.1. The second-order valence-corrected chi connectivity index (χ2v) is 5.75. The van der Waals surface area contributed by atoms with Gasteiger partial charge in [0, 0.05) is 18.9 Å². The molecule has 3 rings (SSSR count). The Morgan fingerprint density at radius 2 is 2.17 bits per heavy atom. The van der Waals surface area contributed by atoms with E-state index >= 15 is 0 Å². The molecule has 1 aromatic carbocycles. The molecule has 1 aliphatic heterocycles. The Bertz CT molecular complexity index is 561. The molecule has 1 saturated heterocycles. The molecule has 18 heavy (non-hydrogen) atoms. The Labute approximate surface area is 110 Å². The van der Waals surface area contributed by atoms with E-state index in [-0.39, 0.29) is 6.10 Å². The first kappa shape index (κ1) is 11.7. The largest absolute Gasteiger partial charge is 0.488 e. The van der Waals surface area contributed by atoms with Gasteiger partial charge in [0.1, 0.15) is 11.9 Å². The molecule has 2 N–H and O–H groups in total. The van der Waals surface area contributed by atoms with E-state index in [1.165, 1.54) is 0 Å². The van der Waals surface area contributed by atoms with E-state index in [4.69, 9.17) is 15.2 Å². The molecule has 1 aliphatic rings. The van der Waals surface area contributed by atoms with Crippen molar-refractivity contribution >= 4 is 27.2 Å². The summed E-state index contributed by atoms with van der Waals surface area (Å²) in [6, 6.07) is 3.90. The SMILES string of the molecule is Cc1nc2cc(OC3CCOCC3)c(N)cc2s1. The molecule has 0 saturated carbocycles. The zero-order valence-electron chi connectivity index (χ0n) is 10.3. The van der Waals surface area contributed by atoms with E-state index in [2.05, 4.69) is 4.98 Å². The van der Waals surface area contributed by atoms with Crippen molar-refractivity contribution in [2.24, 2.45) is 0 Å². The number of nitrogens with two attached hydrogens (primary N) is 1. The van der Waals surface area contributed by atoms with Gasteiger partial charge in [-0.3, -0.25) is 0 Å². The van der Waals surface area contributed by atoms with Gasteiger partial charge in [0.2, 0.25) is 0 Å². The standard InChI is InChI=1S/C13H16N2O2S/c1-8-15-11-7-12(10(14)6-13(11)18-8)17-9-2-4-16-5-3-9/h6-7,9H,2-5,14H2,1H3. The molecule has 0 unspecified atom stereocenters. The lowest BCUT2D eigenvalue weighted by Crippen LogP contribution is -2.26. The van der Waals surface area contributed by atoms with Crippen LogP contribution in [0.1, 0.15) is 17.8 Å². The maximum atomic E-state index is 6.04. The van der Waals surface area contributed by atoms with Crippen LogP contribution in [0.25, 0.3) is 10.2 Å². The van der Waals surface area contributed by atoms with E-state index in [1.54, 1.807) is 11.3 Å². The Balaban J connectivity index is 1.88. The molecule has 0 radical (unpaired) electrons. The van der Waals surface area contributed by atoms with Crippen LogP contribution in [0.15, 0.2) is 12.1 Å². The molecule has 2 aromatic rings. The van der Waals surface area contributed by atoms with Crippen LogP contribution in [0.3, 0.4) is 0 Å². The number of fused-ring (bicyclic) bond motifs is 1. The predicted molar refractivity (Wildman–Crippen MR) is 73.2 cm³/mol. The summed E-state index contributed by atoms with van der Waals surface area (Å²) < 4.78 is 12.4. The smallest absolute Gasteiger partial charge is 0.144 e. The topological polar surface area (TPSA) is 57.4 Å². The van der Waals surface area contributed by atoms with E-state index in [9.17, 15) is 0 Å². The van der Waals surface area contributed by atoms with E-state index in [0.29, 0.717) is 5.69 Å². The molecule has 4 nitrogen and oxygen atoms in total. The molecule has 96 valence electrons. The Kier molecular flexibility index (Phi) is 3.09. The Morgan fingerprint density at radius 3 is 2.94 bits per heavy atom. The van der Waals surface area contributed by atoms with Crippen molar-refractivity contribution in [3.05, 3.63) is 17.1 Å². The van der Waals surface area contributed by atoms with Gasteiger partial charge in [-0.15, -0.1) is 11.3 Å². The Morgan fingerprint density at radius 1 is 1.39 bits per heavy atom. The fourth-order valence-corrected chi connectivity index (χ4v) is 3.02. The summed E-state index contributed by atoms with van der Waals surface area (Å²) in [6.45, 7) is 3.53. The normalized spacial score (nSPS) is 17.2. The summed E-state index contributed by atoms with van der Waals surface area (Å²) in [7, 11) is 0. The van der Waals surface area contributed by atoms with Crippen LogP contribution >= 0.6 is 11.3 Å². The molecule has 1 aromatic heterocycles. The summed E-state index contributed by atoms with van der Waals surface area (Å²) >= 11 is 1.65. The number of aryl methyl sites for hydroxylation is 1. The first-order valence-corrected chi connectivity index (χ1v) is 6.95. The predicted octanol–water partition coefficient (Wildman–Crippen LogP) is 2.74. The number of ether oxygens (including phenoxy) is 2. The minimum absolute atomic E-state index is 0.207. The number of benzene rings is 1. The second-order valence-electron chi connectivity index (χ2n) is 4.52. The lowest BCUT2D eigenvalue weighted by Gasteiger charge is -2.23. The fourth-order valence-electron chi connectivity index (χ4n) is 2.16. The van der Waals surface area contributed by atoms with Crippen molar-refractivity contribution in [1.82, 2.24) is 4.98 Å². The third kappa shape index (κ3) is 2.28. The van der Waals surface area contributed by atoms with Crippen molar-refractivity contribution in [3.63, 3.8) is 0 Å². The highest BCUT2D eigenvalue weighted by Crippen LogP contribution is 2.32. The van der Waals surface area contributed by atoms with Gasteiger partial charge >= 0.3 is 0 Å². The van der Waals surface area contributed by atoms with Gasteiger partial charge in [0.15, 0.2) is 0 Å². The zero-order valence-corrected chi connectivity index (χ0v) is 11.1. The lowest BCUT2D eigenvalue weighted by molar-refractivity contribution is 0.0259. The first-order valence-electron chi connectivity index (χ1n) is 6.13. The van der Waals surface area contributed by atoms with Crippen LogP contribution < -0.4 is 10.5 Å². The second kappa shape index (κ2) is 4.74. The highest BCUT2D eigenvalue weighted by Gasteiger charge is 2.17. The van der Waals surface area contributed by atoms with Crippen LogP contribution in [0.4, 0.5) is 5.69 Å². The molecular formula is C13H16N2O2S. The number of nitrogens with zero attached hydrogens (tertiary/aromatic N) is 1. The third-order valence-electron chi connectivity index (χ3n) is 3.09. The van der Waals surface area contributed by atoms with Gasteiger partial charge in [-0.05, 0) is 13.0 Å². The summed E-state index contributed by atoms with van der Waals surface area (Å²) in [5, 5.41) is 1.05. The molecule has 0 spiro atoms.